The van der Waals surface area contributed by atoms with Crippen LogP contribution in [0.5, 0.6) is 5.75 Å². The molecule has 0 radical (unpaired) electrons. The average Bonchev–Trinajstić information content (AvgIpc) is 3.35. The number of benzene rings is 2. The number of nitrogens with zero attached hydrogens (tertiary/aromatic N) is 1. The van der Waals surface area contributed by atoms with Crippen molar-refractivity contribution in [3.05, 3.63) is 70.4 Å². The summed E-state index contributed by atoms with van der Waals surface area (Å²) in [6, 6.07) is 10.7. The van der Waals surface area contributed by atoms with E-state index in [1.54, 1.807) is 0 Å². The van der Waals surface area contributed by atoms with E-state index >= 15 is 0 Å². The van der Waals surface area contributed by atoms with Crippen molar-refractivity contribution in [3.63, 3.8) is 0 Å². The van der Waals surface area contributed by atoms with E-state index in [4.69, 9.17) is 9.47 Å². The van der Waals surface area contributed by atoms with Gasteiger partial charge in [0.25, 0.3) is 0 Å². The molecule has 0 saturated heterocycles. The summed E-state index contributed by atoms with van der Waals surface area (Å²) in [5, 5.41) is 1.62. The fraction of sp³-hybridized carbons (Fsp3) is 0.333. The van der Waals surface area contributed by atoms with Gasteiger partial charge in [-0.15, -0.1) is 11.3 Å². The molecule has 0 fully saturated rings. The van der Waals surface area contributed by atoms with Crippen LogP contribution in [-0.4, -0.2) is 28.1 Å². The molecule has 190 valence electrons. The second-order valence-electron chi connectivity index (χ2n) is 9.49. The molecule has 2 aromatic heterocycles. The molecule has 36 heavy (non-hydrogen) atoms. The lowest BCUT2D eigenvalue weighted by molar-refractivity contribution is -0.153. The zero-order valence-electron chi connectivity index (χ0n) is 20.5. The summed E-state index contributed by atoms with van der Waals surface area (Å²) in [5.74, 6) is 0.414. The standard InChI is InChI=1S/C27H27F3N2O3S/c1-16-23(36-25(32-16)17-5-7-19(8-6-17)27(28,29)30)11-12-34-20-9-10-21-18(15-31-22(21)14-20)13-24(33)35-26(2,3)4/h5-10,14-15,31H,11-13H2,1-4H3. The van der Waals surface area contributed by atoms with Crippen LogP contribution < -0.4 is 4.74 Å². The van der Waals surface area contributed by atoms with Crippen LogP contribution in [-0.2, 0) is 28.5 Å². The Labute approximate surface area is 211 Å². The van der Waals surface area contributed by atoms with Gasteiger partial charge in [-0.3, -0.25) is 4.79 Å². The molecule has 2 heterocycles. The number of nitrogens with one attached hydrogen (secondary N) is 1. The Morgan fingerprint density at radius 2 is 1.81 bits per heavy atom. The van der Waals surface area contributed by atoms with Crippen molar-refractivity contribution in [2.75, 3.05) is 6.61 Å². The first-order valence-electron chi connectivity index (χ1n) is 11.5. The number of hydrogen-bond donors (Lipinski definition) is 1. The van der Waals surface area contributed by atoms with Gasteiger partial charge >= 0.3 is 12.1 Å². The van der Waals surface area contributed by atoms with Gasteiger partial charge in [0.1, 0.15) is 16.4 Å². The first kappa shape index (κ1) is 25.8. The number of alkyl halides is 3. The van der Waals surface area contributed by atoms with E-state index in [1.165, 1.54) is 23.5 Å². The van der Waals surface area contributed by atoms with Crippen molar-refractivity contribution in [3.8, 4) is 16.3 Å². The van der Waals surface area contributed by atoms with Gasteiger partial charge in [-0.25, -0.2) is 4.98 Å². The van der Waals surface area contributed by atoms with Crippen LogP contribution in [0.2, 0.25) is 0 Å². The van der Waals surface area contributed by atoms with Crippen molar-refractivity contribution in [1.29, 1.82) is 0 Å². The number of aromatic nitrogens is 2. The molecule has 0 aliphatic rings. The number of aromatic amines is 1. The molecular formula is C27H27F3N2O3S. The SMILES string of the molecule is Cc1nc(-c2ccc(C(F)(F)F)cc2)sc1CCOc1ccc2c(CC(=O)OC(C)(C)C)c[nH]c2c1. The van der Waals surface area contributed by atoms with E-state index in [0.29, 0.717) is 29.3 Å². The van der Waals surface area contributed by atoms with Gasteiger partial charge in [0.2, 0.25) is 0 Å². The maximum Gasteiger partial charge on any atom is 0.416 e. The van der Waals surface area contributed by atoms with Crippen LogP contribution in [0, 0.1) is 6.92 Å². The van der Waals surface area contributed by atoms with E-state index < -0.39 is 17.3 Å². The number of fused-ring (bicyclic) bond motifs is 1. The number of carbonyl (C=O) groups is 1. The number of thiazole rings is 1. The quantitative estimate of drug-likeness (QED) is 0.266. The number of ether oxygens (including phenoxy) is 2. The Kier molecular flexibility index (Phi) is 7.13. The third-order valence-corrected chi connectivity index (χ3v) is 6.71. The third-order valence-electron chi connectivity index (χ3n) is 5.44. The molecule has 0 unspecified atom stereocenters. The topological polar surface area (TPSA) is 64.2 Å². The van der Waals surface area contributed by atoms with Crippen LogP contribution in [0.3, 0.4) is 0 Å². The number of halogens is 3. The van der Waals surface area contributed by atoms with Crippen LogP contribution in [0.1, 0.15) is 42.5 Å². The molecule has 0 amide bonds. The predicted molar refractivity (Wildman–Crippen MR) is 134 cm³/mol. The molecular weight excluding hydrogens is 489 g/mol. The summed E-state index contributed by atoms with van der Waals surface area (Å²) in [6.07, 6.45) is -1.75. The van der Waals surface area contributed by atoms with Crippen molar-refractivity contribution in [2.45, 2.75) is 52.3 Å². The van der Waals surface area contributed by atoms with E-state index in [-0.39, 0.29) is 12.4 Å². The number of H-pyrrole nitrogens is 1. The Morgan fingerprint density at radius 3 is 2.47 bits per heavy atom. The minimum absolute atomic E-state index is 0.184. The number of rotatable bonds is 7. The second kappa shape index (κ2) is 9.97. The van der Waals surface area contributed by atoms with Crippen molar-refractivity contribution in [1.82, 2.24) is 9.97 Å². The largest absolute Gasteiger partial charge is 0.493 e. The summed E-state index contributed by atoms with van der Waals surface area (Å²) in [5.41, 5.74) is 2.02. The maximum atomic E-state index is 12.8. The lowest BCUT2D eigenvalue weighted by atomic mass is 10.1. The van der Waals surface area contributed by atoms with Crippen LogP contribution in [0.4, 0.5) is 13.2 Å². The molecule has 4 rings (SSSR count). The van der Waals surface area contributed by atoms with Crippen molar-refractivity contribution in [2.24, 2.45) is 0 Å². The van der Waals surface area contributed by atoms with Gasteiger partial charge in [0, 0.05) is 40.0 Å². The van der Waals surface area contributed by atoms with Gasteiger partial charge in [-0.1, -0.05) is 12.1 Å². The van der Waals surface area contributed by atoms with Gasteiger partial charge in [-0.2, -0.15) is 13.2 Å². The highest BCUT2D eigenvalue weighted by Gasteiger charge is 2.30. The highest BCUT2D eigenvalue weighted by Crippen LogP contribution is 2.33. The molecule has 9 heteroatoms. The third kappa shape index (κ3) is 6.26. The lowest BCUT2D eigenvalue weighted by Crippen LogP contribution is -2.24. The Hall–Kier alpha value is -3.33. The molecule has 0 aliphatic carbocycles. The zero-order chi connectivity index (χ0) is 26.1. The molecule has 4 aromatic rings. The minimum atomic E-state index is -4.36. The Bertz CT molecular complexity index is 1370. The number of esters is 1. The lowest BCUT2D eigenvalue weighted by Gasteiger charge is -2.19. The van der Waals surface area contributed by atoms with Crippen LogP contribution in [0.15, 0.2) is 48.7 Å². The maximum absolute atomic E-state index is 12.8. The monoisotopic (exact) mass is 516 g/mol. The molecule has 5 nitrogen and oxygen atoms in total. The summed E-state index contributed by atoms with van der Waals surface area (Å²) < 4.78 is 49.8. The van der Waals surface area contributed by atoms with E-state index in [1.807, 2.05) is 52.1 Å². The molecule has 0 aliphatic heterocycles. The van der Waals surface area contributed by atoms with Gasteiger partial charge < -0.3 is 14.5 Å². The zero-order valence-corrected chi connectivity index (χ0v) is 21.3. The summed E-state index contributed by atoms with van der Waals surface area (Å²) in [6.45, 7) is 7.83. The molecule has 2 aromatic carbocycles. The van der Waals surface area contributed by atoms with Gasteiger partial charge in [-0.05, 0) is 57.5 Å². The number of hydrogen-bond acceptors (Lipinski definition) is 5. The molecule has 0 saturated carbocycles. The average molecular weight is 517 g/mol. The van der Waals surface area contributed by atoms with E-state index in [2.05, 4.69) is 9.97 Å². The highest BCUT2D eigenvalue weighted by molar-refractivity contribution is 7.15. The van der Waals surface area contributed by atoms with Crippen molar-refractivity contribution >= 4 is 28.2 Å². The van der Waals surface area contributed by atoms with E-state index in [0.717, 1.165) is 39.2 Å². The summed E-state index contributed by atoms with van der Waals surface area (Å²) >= 11 is 1.45. The first-order valence-corrected chi connectivity index (χ1v) is 12.3. The predicted octanol–water partition coefficient (Wildman–Crippen LogP) is 7.12. The summed E-state index contributed by atoms with van der Waals surface area (Å²) in [4.78, 5) is 20.9. The van der Waals surface area contributed by atoms with Crippen LogP contribution in [0.25, 0.3) is 21.5 Å². The normalized spacial score (nSPS) is 12.2. The molecule has 0 bridgehead atoms. The van der Waals surface area contributed by atoms with Crippen LogP contribution >= 0.6 is 11.3 Å². The second-order valence-corrected chi connectivity index (χ2v) is 10.6. The molecule has 1 N–H and O–H groups in total. The molecule has 0 spiro atoms. The van der Waals surface area contributed by atoms with Crippen molar-refractivity contribution < 1.29 is 27.4 Å². The number of carbonyl (C=O) groups excluding carboxylic acids is 1. The smallest absolute Gasteiger partial charge is 0.416 e. The Balaban J connectivity index is 1.37. The van der Waals surface area contributed by atoms with E-state index in [9.17, 15) is 18.0 Å². The summed E-state index contributed by atoms with van der Waals surface area (Å²) in [7, 11) is 0. The fourth-order valence-corrected chi connectivity index (χ4v) is 4.83. The van der Waals surface area contributed by atoms with Gasteiger partial charge in [0.05, 0.1) is 24.3 Å². The number of aryl methyl sites for hydroxylation is 1. The first-order chi connectivity index (χ1) is 16.9. The minimum Gasteiger partial charge on any atom is -0.493 e. The highest BCUT2D eigenvalue weighted by atomic mass is 32.1. The van der Waals surface area contributed by atoms with Gasteiger partial charge in [0.15, 0.2) is 0 Å². The Morgan fingerprint density at radius 1 is 1.08 bits per heavy atom. The molecule has 0 atom stereocenters. The fourth-order valence-electron chi connectivity index (χ4n) is 3.78.